The standard InChI is InChI=1S/C18H19F2N3O2S/c1-11(2)10-15(24)22-12-5-7-13(8-6-12)23-16(25)14-4-3-9-21-17(14)26-18(19)20/h3-9,11,18H,10H2,1-2H3,(H,22,24)(H,23,25). The zero-order valence-electron chi connectivity index (χ0n) is 14.3. The van der Waals surface area contributed by atoms with Crippen LogP contribution in [0.5, 0.6) is 0 Å². The molecule has 2 N–H and O–H groups in total. The van der Waals surface area contributed by atoms with Gasteiger partial charge in [0.25, 0.3) is 11.7 Å². The van der Waals surface area contributed by atoms with Crippen LogP contribution < -0.4 is 10.6 Å². The summed E-state index contributed by atoms with van der Waals surface area (Å²) in [6.07, 6.45) is 1.78. The number of benzene rings is 1. The summed E-state index contributed by atoms with van der Waals surface area (Å²) in [5.74, 6) is -3.02. The number of nitrogens with one attached hydrogen (secondary N) is 2. The minimum atomic E-state index is -2.66. The summed E-state index contributed by atoms with van der Waals surface area (Å²) in [7, 11) is 0. The van der Waals surface area contributed by atoms with Crippen LogP contribution in [-0.2, 0) is 4.79 Å². The highest BCUT2D eigenvalue weighted by Gasteiger charge is 2.16. The SMILES string of the molecule is CC(C)CC(=O)Nc1ccc(NC(=O)c2cccnc2SC(F)F)cc1. The van der Waals surface area contributed by atoms with Crippen LogP contribution in [0.4, 0.5) is 20.2 Å². The Morgan fingerprint density at radius 1 is 1.08 bits per heavy atom. The number of hydrogen-bond acceptors (Lipinski definition) is 4. The van der Waals surface area contributed by atoms with Crippen LogP contribution in [0.2, 0.25) is 0 Å². The van der Waals surface area contributed by atoms with Gasteiger partial charge in [-0.25, -0.2) is 4.98 Å². The van der Waals surface area contributed by atoms with Gasteiger partial charge in [0.15, 0.2) is 0 Å². The number of carbonyl (C=O) groups excluding carboxylic acids is 2. The van der Waals surface area contributed by atoms with E-state index in [-0.39, 0.29) is 34.2 Å². The molecule has 2 aromatic rings. The molecule has 2 amide bonds. The van der Waals surface area contributed by atoms with E-state index in [1.54, 1.807) is 24.3 Å². The van der Waals surface area contributed by atoms with Gasteiger partial charge in [0.2, 0.25) is 5.91 Å². The van der Waals surface area contributed by atoms with Gasteiger partial charge in [0.1, 0.15) is 5.03 Å². The molecule has 0 aliphatic heterocycles. The van der Waals surface area contributed by atoms with E-state index in [0.717, 1.165) is 0 Å². The second-order valence-corrected chi connectivity index (χ2v) is 6.89. The van der Waals surface area contributed by atoms with Crippen molar-refractivity contribution in [2.75, 3.05) is 10.6 Å². The summed E-state index contributed by atoms with van der Waals surface area (Å²) in [4.78, 5) is 27.9. The number of anilines is 2. The lowest BCUT2D eigenvalue weighted by atomic mass is 10.1. The fraction of sp³-hybridized carbons (Fsp3) is 0.278. The van der Waals surface area contributed by atoms with Crippen molar-refractivity contribution in [2.24, 2.45) is 5.92 Å². The van der Waals surface area contributed by atoms with E-state index in [0.29, 0.717) is 17.8 Å². The van der Waals surface area contributed by atoms with Gasteiger partial charge in [-0.2, -0.15) is 8.78 Å². The Kier molecular flexibility index (Phi) is 7.08. The predicted octanol–water partition coefficient (Wildman–Crippen LogP) is 4.63. The number of aromatic nitrogens is 1. The number of nitrogens with zero attached hydrogens (tertiary/aromatic N) is 1. The molecule has 0 fully saturated rings. The molecule has 0 spiro atoms. The van der Waals surface area contributed by atoms with Crippen LogP contribution in [0.1, 0.15) is 30.6 Å². The van der Waals surface area contributed by atoms with Crippen LogP contribution in [0.25, 0.3) is 0 Å². The fourth-order valence-corrected chi connectivity index (χ4v) is 2.74. The van der Waals surface area contributed by atoms with Gasteiger partial charge in [0.05, 0.1) is 5.56 Å². The molecule has 0 saturated heterocycles. The number of pyridine rings is 1. The van der Waals surface area contributed by atoms with E-state index in [2.05, 4.69) is 15.6 Å². The lowest BCUT2D eigenvalue weighted by Gasteiger charge is -2.10. The van der Waals surface area contributed by atoms with Crippen LogP contribution in [0.3, 0.4) is 0 Å². The van der Waals surface area contributed by atoms with Crippen molar-refractivity contribution in [3.63, 3.8) is 0 Å². The Morgan fingerprint density at radius 3 is 2.27 bits per heavy atom. The Hall–Kier alpha value is -2.48. The van der Waals surface area contributed by atoms with Crippen molar-refractivity contribution in [3.8, 4) is 0 Å². The normalized spacial score (nSPS) is 10.8. The molecule has 138 valence electrons. The predicted molar refractivity (Wildman–Crippen MR) is 98.6 cm³/mol. The number of thioether (sulfide) groups is 1. The van der Waals surface area contributed by atoms with E-state index < -0.39 is 11.7 Å². The summed E-state index contributed by atoms with van der Waals surface area (Å²) >= 11 is 0.225. The number of amides is 2. The van der Waals surface area contributed by atoms with Gasteiger partial charge in [-0.15, -0.1) is 0 Å². The molecule has 5 nitrogen and oxygen atoms in total. The summed E-state index contributed by atoms with van der Waals surface area (Å²) in [6, 6.07) is 9.52. The van der Waals surface area contributed by atoms with Crippen molar-refractivity contribution in [1.29, 1.82) is 0 Å². The molecule has 2 rings (SSSR count). The zero-order valence-corrected chi connectivity index (χ0v) is 15.1. The zero-order chi connectivity index (χ0) is 19.1. The molecule has 1 heterocycles. The van der Waals surface area contributed by atoms with E-state index >= 15 is 0 Å². The van der Waals surface area contributed by atoms with Gasteiger partial charge in [-0.05, 0) is 54.1 Å². The number of alkyl halides is 2. The average Bonchev–Trinajstić information content (AvgIpc) is 2.55. The van der Waals surface area contributed by atoms with Crippen molar-refractivity contribution in [3.05, 3.63) is 48.2 Å². The van der Waals surface area contributed by atoms with E-state index in [1.165, 1.54) is 18.3 Å². The maximum Gasteiger partial charge on any atom is 0.290 e. The maximum atomic E-state index is 12.6. The Bertz CT molecular complexity index is 767. The van der Waals surface area contributed by atoms with E-state index in [4.69, 9.17) is 0 Å². The molecule has 8 heteroatoms. The molecular formula is C18H19F2N3O2S. The lowest BCUT2D eigenvalue weighted by Crippen LogP contribution is -2.15. The van der Waals surface area contributed by atoms with Crippen LogP contribution in [0, 0.1) is 5.92 Å². The third-order valence-electron chi connectivity index (χ3n) is 3.24. The fourth-order valence-electron chi connectivity index (χ4n) is 2.16. The quantitative estimate of drug-likeness (QED) is 0.688. The maximum absolute atomic E-state index is 12.6. The van der Waals surface area contributed by atoms with Gasteiger partial charge >= 0.3 is 0 Å². The van der Waals surface area contributed by atoms with Gasteiger partial charge in [-0.1, -0.05) is 13.8 Å². The number of rotatable bonds is 7. The highest BCUT2D eigenvalue weighted by Crippen LogP contribution is 2.27. The van der Waals surface area contributed by atoms with Gasteiger partial charge in [-0.3, -0.25) is 9.59 Å². The first-order valence-corrected chi connectivity index (χ1v) is 8.84. The van der Waals surface area contributed by atoms with Crippen molar-refractivity contribution in [1.82, 2.24) is 4.98 Å². The second kappa shape index (κ2) is 9.28. The summed E-state index contributed by atoms with van der Waals surface area (Å²) in [6.45, 7) is 3.91. The van der Waals surface area contributed by atoms with Crippen LogP contribution in [-0.4, -0.2) is 22.6 Å². The summed E-state index contributed by atoms with van der Waals surface area (Å²) < 4.78 is 25.2. The molecule has 0 atom stereocenters. The Morgan fingerprint density at radius 2 is 1.69 bits per heavy atom. The van der Waals surface area contributed by atoms with E-state index in [1.807, 2.05) is 13.8 Å². The Balaban J connectivity index is 2.03. The van der Waals surface area contributed by atoms with Crippen molar-refractivity contribution in [2.45, 2.75) is 31.1 Å². The van der Waals surface area contributed by atoms with Crippen molar-refractivity contribution < 1.29 is 18.4 Å². The van der Waals surface area contributed by atoms with Gasteiger partial charge in [0, 0.05) is 24.0 Å². The molecule has 0 radical (unpaired) electrons. The lowest BCUT2D eigenvalue weighted by molar-refractivity contribution is -0.116. The first-order valence-electron chi connectivity index (χ1n) is 7.96. The third-order valence-corrected chi connectivity index (χ3v) is 3.96. The number of halogens is 2. The highest BCUT2D eigenvalue weighted by atomic mass is 32.2. The molecule has 26 heavy (non-hydrogen) atoms. The summed E-state index contributed by atoms with van der Waals surface area (Å²) in [5.41, 5.74) is 1.17. The smallest absolute Gasteiger partial charge is 0.290 e. The molecule has 1 aromatic heterocycles. The third kappa shape index (κ3) is 6.11. The van der Waals surface area contributed by atoms with Crippen molar-refractivity contribution >= 4 is 35.0 Å². The molecule has 0 saturated carbocycles. The minimum Gasteiger partial charge on any atom is -0.326 e. The summed E-state index contributed by atoms with van der Waals surface area (Å²) in [5, 5.41) is 5.37. The molecule has 0 bridgehead atoms. The molecular weight excluding hydrogens is 360 g/mol. The first-order chi connectivity index (χ1) is 12.3. The minimum absolute atomic E-state index is 0.0300. The average molecular weight is 379 g/mol. The molecule has 0 unspecified atom stereocenters. The second-order valence-electron chi connectivity index (χ2n) is 5.91. The topological polar surface area (TPSA) is 71.1 Å². The highest BCUT2D eigenvalue weighted by molar-refractivity contribution is 7.99. The monoisotopic (exact) mass is 379 g/mol. The van der Waals surface area contributed by atoms with Crippen LogP contribution in [0.15, 0.2) is 47.6 Å². The number of carbonyl (C=O) groups is 2. The Labute approximate surface area is 154 Å². The van der Waals surface area contributed by atoms with E-state index in [9.17, 15) is 18.4 Å². The molecule has 0 aliphatic rings. The number of hydrogen-bond donors (Lipinski definition) is 2. The first kappa shape index (κ1) is 19.8. The van der Waals surface area contributed by atoms with Gasteiger partial charge < -0.3 is 10.6 Å². The molecule has 1 aromatic carbocycles. The largest absolute Gasteiger partial charge is 0.326 e. The molecule has 0 aliphatic carbocycles. The van der Waals surface area contributed by atoms with Crippen LogP contribution >= 0.6 is 11.8 Å².